The number of carboxylic acid groups (broad SMARTS) is 1. The summed E-state index contributed by atoms with van der Waals surface area (Å²) in [5.74, 6) is -2.35. The standard InChI is InChI=1S/C14H18N2O6S/c15-23(21,22)8-10-6-13(18)16(7-10)12(14(19)20)5-9-1-3-11(17)4-2-9/h1-4,10,12,17H,5-8H2,(H,19,20)(H2,15,21,22)/t10?,12-/m0/s1. The SMILES string of the molecule is NS(=O)(=O)CC1CC(=O)N([C@@H](Cc2ccc(O)cc2)C(=O)O)C1. The summed E-state index contributed by atoms with van der Waals surface area (Å²) in [6.45, 7) is 0.0459. The highest BCUT2D eigenvalue weighted by atomic mass is 32.2. The quantitative estimate of drug-likeness (QED) is 0.638. The first kappa shape index (κ1) is 17.2. The maximum Gasteiger partial charge on any atom is 0.326 e. The normalized spacial score (nSPS) is 19.8. The van der Waals surface area contributed by atoms with E-state index in [-0.39, 0.29) is 30.9 Å². The number of aliphatic carboxylic acids is 1. The molecule has 0 radical (unpaired) electrons. The van der Waals surface area contributed by atoms with Gasteiger partial charge >= 0.3 is 5.97 Å². The van der Waals surface area contributed by atoms with Crippen molar-refractivity contribution in [3.63, 3.8) is 0 Å². The number of primary sulfonamides is 1. The van der Waals surface area contributed by atoms with E-state index in [0.717, 1.165) is 0 Å². The Kier molecular flexibility index (Phi) is 4.90. The van der Waals surface area contributed by atoms with Crippen LogP contribution < -0.4 is 5.14 Å². The molecular formula is C14H18N2O6S. The van der Waals surface area contributed by atoms with Crippen molar-refractivity contribution in [3.05, 3.63) is 29.8 Å². The van der Waals surface area contributed by atoms with E-state index in [1.165, 1.54) is 17.0 Å². The second-order valence-corrected chi connectivity index (χ2v) is 7.33. The van der Waals surface area contributed by atoms with Crippen LogP contribution in [0.25, 0.3) is 0 Å². The van der Waals surface area contributed by atoms with Gasteiger partial charge in [-0.05, 0) is 17.7 Å². The van der Waals surface area contributed by atoms with Crippen molar-refractivity contribution in [3.8, 4) is 5.75 Å². The average Bonchev–Trinajstić information content (AvgIpc) is 2.76. The van der Waals surface area contributed by atoms with Crippen molar-refractivity contribution in [2.24, 2.45) is 11.1 Å². The monoisotopic (exact) mass is 342 g/mol. The molecule has 4 N–H and O–H groups in total. The Hall–Kier alpha value is -2.13. The van der Waals surface area contributed by atoms with Gasteiger partial charge in [0.15, 0.2) is 0 Å². The van der Waals surface area contributed by atoms with E-state index >= 15 is 0 Å². The van der Waals surface area contributed by atoms with Crippen molar-refractivity contribution in [2.45, 2.75) is 18.9 Å². The van der Waals surface area contributed by atoms with Crippen LogP contribution in [0.15, 0.2) is 24.3 Å². The van der Waals surface area contributed by atoms with Gasteiger partial charge in [-0.15, -0.1) is 0 Å². The molecule has 8 nitrogen and oxygen atoms in total. The minimum absolute atomic E-state index is 0.0320. The summed E-state index contributed by atoms with van der Waals surface area (Å²) in [6.07, 6.45) is 0.0409. The molecule has 1 saturated heterocycles. The molecule has 0 spiro atoms. The topological polar surface area (TPSA) is 138 Å². The van der Waals surface area contributed by atoms with Crippen LogP contribution in [-0.4, -0.2) is 53.7 Å². The lowest BCUT2D eigenvalue weighted by Gasteiger charge is -2.25. The lowest BCUT2D eigenvalue weighted by atomic mass is 10.0. The van der Waals surface area contributed by atoms with Crippen LogP contribution in [-0.2, 0) is 26.0 Å². The van der Waals surface area contributed by atoms with Crippen molar-refractivity contribution in [1.29, 1.82) is 0 Å². The zero-order chi connectivity index (χ0) is 17.2. The van der Waals surface area contributed by atoms with Gasteiger partial charge in [-0.25, -0.2) is 18.4 Å². The summed E-state index contributed by atoms with van der Waals surface area (Å²) >= 11 is 0. The lowest BCUT2D eigenvalue weighted by Crippen LogP contribution is -2.44. The number of carboxylic acids is 1. The predicted molar refractivity (Wildman–Crippen MR) is 81.0 cm³/mol. The fraction of sp³-hybridized carbons (Fsp3) is 0.429. The number of aromatic hydroxyl groups is 1. The number of carbonyl (C=O) groups excluding carboxylic acids is 1. The Morgan fingerprint density at radius 1 is 1.35 bits per heavy atom. The number of carbonyl (C=O) groups is 2. The van der Waals surface area contributed by atoms with Crippen LogP contribution >= 0.6 is 0 Å². The Balaban J connectivity index is 2.13. The Bertz CT molecular complexity index is 700. The van der Waals surface area contributed by atoms with Crippen LogP contribution in [0.1, 0.15) is 12.0 Å². The van der Waals surface area contributed by atoms with E-state index < -0.39 is 33.9 Å². The highest BCUT2D eigenvalue weighted by Gasteiger charge is 2.38. The summed E-state index contributed by atoms with van der Waals surface area (Å²) in [7, 11) is -3.72. The number of nitrogens with two attached hydrogens (primary N) is 1. The maximum atomic E-state index is 12.0. The third kappa shape index (κ3) is 4.67. The van der Waals surface area contributed by atoms with E-state index in [4.69, 9.17) is 5.14 Å². The molecule has 9 heteroatoms. The fourth-order valence-corrected chi connectivity index (χ4v) is 3.62. The van der Waals surface area contributed by atoms with Crippen LogP contribution in [0.5, 0.6) is 5.75 Å². The van der Waals surface area contributed by atoms with E-state index in [1.807, 2.05) is 0 Å². The first-order valence-electron chi connectivity index (χ1n) is 6.96. The Morgan fingerprint density at radius 3 is 2.48 bits per heavy atom. The summed E-state index contributed by atoms with van der Waals surface area (Å²) in [5, 5.41) is 23.6. The number of phenols is 1. The molecule has 23 heavy (non-hydrogen) atoms. The first-order chi connectivity index (χ1) is 10.7. The number of benzene rings is 1. The molecule has 1 aliphatic rings. The molecule has 1 amide bonds. The van der Waals surface area contributed by atoms with Crippen LogP contribution in [0.2, 0.25) is 0 Å². The highest BCUT2D eigenvalue weighted by Crippen LogP contribution is 2.23. The molecule has 1 fully saturated rings. The number of likely N-dealkylation sites (tertiary alicyclic amines) is 1. The molecule has 0 bridgehead atoms. The van der Waals surface area contributed by atoms with Crippen molar-refractivity contribution >= 4 is 21.9 Å². The number of phenolic OH excluding ortho intramolecular Hbond substituents is 1. The van der Waals surface area contributed by atoms with Gasteiger partial charge in [0, 0.05) is 25.3 Å². The fourth-order valence-electron chi connectivity index (χ4n) is 2.74. The third-order valence-electron chi connectivity index (χ3n) is 3.73. The van der Waals surface area contributed by atoms with E-state index in [9.17, 15) is 28.2 Å². The van der Waals surface area contributed by atoms with Gasteiger partial charge in [0.2, 0.25) is 15.9 Å². The molecule has 2 atom stereocenters. The molecule has 1 aromatic rings. The number of sulfonamides is 1. The van der Waals surface area contributed by atoms with Crippen LogP contribution in [0, 0.1) is 5.92 Å². The molecule has 0 aromatic heterocycles. The molecule has 1 heterocycles. The van der Waals surface area contributed by atoms with Gasteiger partial charge in [-0.1, -0.05) is 12.1 Å². The number of rotatable bonds is 6. The van der Waals surface area contributed by atoms with Crippen LogP contribution in [0.3, 0.4) is 0 Å². The minimum Gasteiger partial charge on any atom is -0.508 e. The van der Waals surface area contributed by atoms with Crippen LogP contribution in [0.4, 0.5) is 0 Å². The van der Waals surface area contributed by atoms with Crippen molar-refractivity contribution < 1.29 is 28.2 Å². The van der Waals surface area contributed by atoms with Crippen molar-refractivity contribution in [2.75, 3.05) is 12.3 Å². The maximum absolute atomic E-state index is 12.0. The smallest absolute Gasteiger partial charge is 0.326 e. The lowest BCUT2D eigenvalue weighted by molar-refractivity contribution is -0.148. The summed E-state index contributed by atoms with van der Waals surface area (Å²) in [5.41, 5.74) is 0.651. The van der Waals surface area contributed by atoms with Crippen molar-refractivity contribution in [1.82, 2.24) is 4.90 Å². The van der Waals surface area contributed by atoms with E-state index in [0.29, 0.717) is 5.56 Å². The summed E-state index contributed by atoms with van der Waals surface area (Å²) < 4.78 is 22.3. The summed E-state index contributed by atoms with van der Waals surface area (Å²) in [4.78, 5) is 24.7. The third-order valence-corrected chi connectivity index (χ3v) is 4.67. The van der Waals surface area contributed by atoms with Gasteiger partial charge in [-0.3, -0.25) is 4.79 Å². The summed E-state index contributed by atoms with van der Waals surface area (Å²) in [6, 6.07) is 4.94. The number of hydrogen-bond donors (Lipinski definition) is 3. The van der Waals surface area contributed by atoms with Gasteiger partial charge in [0.1, 0.15) is 11.8 Å². The van der Waals surface area contributed by atoms with Gasteiger partial charge in [-0.2, -0.15) is 0 Å². The molecule has 126 valence electrons. The second kappa shape index (κ2) is 6.55. The predicted octanol–water partition coefficient (Wildman–Crippen LogP) is -0.475. The van der Waals surface area contributed by atoms with E-state index in [2.05, 4.69) is 0 Å². The minimum atomic E-state index is -3.72. The zero-order valence-electron chi connectivity index (χ0n) is 12.3. The molecule has 2 rings (SSSR count). The first-order valence-corrected chi connectivity index (χ1v) is 8.68. The molecule has 1 unspecified atom stereocenters. The van der Waals surface area contributed by atoms with Gasteiger partial charge < -0.3 is 15.1 Å². The number of amides is 1. The molecular weight excluding hydrogens is 324 g/mol. The molecule has 0 saturated carbocycles. The van der Waals surface area contributed by atoms with Gasteiger partial charge in [0.05, 0.1) is 5.75 Å². The van der Waals surface area contributed by atoms with E-state index in [1.54, 1.807) is 12.1 Å². The average molecular weight is 342 g/mol. The largest absolute Gasteiger partial charge is 0.508 e. The number of nitrogens with zero attached hydrogens (tertiary/aromatic N) is 1. The Labute approximate surface area is 133 Å². The Morgan fingerprint density at radius 2 is 1.96 bits per heavy atom. The molecule has 1 aliphatic heterocycles. The zero-order valence-corrected chi connectivity index (χ0v) is 13.1. The molecule has 0 aliphatic carbocycles. The number of hydrogen-bond acceptors (Lipinski definition) is 5. The highest BCUT2D eigenvalue weighted by molar-refractivity contribution is 7.89. The van der Waals surface area contributed by atoms with Gasteiger partial charge in [0.25, 0.3) is 0 Å². The molecule has 1 aromatic carbocycles. The second-order valence-electron chi connectivity index (χ2n) is 5.67.